The molecule has 0 radical (unpaired) electrons. The first-order valence-electron chi connectivity index (χ1n) is 5.99. The molecule has 1 aromatic carbocycles. The first-order valence-corrected chi connectivity index (χ1v) is 5.99. The smallest absolute Gasteiger partial charge is 0.130 e. The fourth-order valence-corrected chi connectivity index (χ4v) is 2.27. The number of fused-ring (bicyclic) bond motifs is 1. The van der Waals surface area contributed by atoms with Gasteiger partial charge in [-0.25, -0.2) is 0 Å². The number of nitrogens with zero attached hydrogens (tertiary/aromatic N) is 1. The lowest BCUT2D eigenvalue weighted by Crippen LogP contribution is -2.05. The standard InChI is InChI=1S/C15H17NO/c1-11(9-12(2)17)10-13-7-8-16-15-6-4-3-5-14(13)15/h3-8,11H,9-10H2,1-2H3. The summed E-state index contributed by atoms with van der Waals surface area (Å²) in [5.74, 6) is 0.647. The number of para-hydroxylation sites is 1. The predicted octanol–water partition coefficient (Wildman–Crippen LogP) is 3.39. The van der Waals surface area contributed by atoms with E-state index < -0.39 is 0 Å². The van der Waals surface area contributed by atoms with Crippen LogP contribution >= 0.6 is 0 Å². The van der Waals surface area contributed by atoms with Crippen molar-refractivity contribution in [2.45, 2.75) is 26.7 Å². The third kappa shape index (κ3) is 2.90. The molecule has 0 N–H and O–H groups in total. The van der Waals surface area contributed by atoms with Gasteiger partial charge in [0.1, 0.15) is 5.78 Å². The van der Waals surface area contributed by atoms with Crippen LogP contribution in [0.3, 0.4) is 0 Å². The number of rotatable bonds is 4. The Kier molecular flexibility index (Phi) is 3.52. The van der Waals surface area contributed by atoms with Gasteiger partial charge in [0.15, 0.2) is 0 Å². The predicted molar refractivity (Wildman–Crippen MR) is 69.9 cm³/mol. The second kappa shape index (κ2) is 5.09. The minimum Gasteiger partial charge on any atom is -0.300 e. The van der Waals surface area contributed by atoms with Gasteiger partial charge in [0.25, 0.3) is 0 Å². The minimum absolute atomic E-state index is 0.260. The number of carbonyl (C=O) groups excluding carboxylic acids is 1. The van der Waals surface area contributed by atoms with Gasteiger partial charge in [0.05, 0.1) is 5.52 Å². The molecule has 0 saturated carbocycles. The first kappa shape index (κ1) is 11.8. The van der Waals surface area contributed by atoms with Gasteiger partial charge in [-0.05, 0) is 37.0 Å². The van der Waals surface area contributed by atoms with Crippen LogP contribution in [0.15, 0.2) is 36.5 Å². The summed E-state index contributed by atoms with van der Waals surface area (Å²) in [6, 6.07) is 10.2. The lowest BCUT2D eigenvalue weighted by Gasteiger charge is -2.11. The lowest BCUT2D eigenvalue weighted by molar-refractivity contribution is -0.117. The van der Waals surface area contributed by atoms with Crippen LogP contribution in [0.4, 0.5) is 0 Å². The molecule has 2 nitrogen and oxygen atoms in total. The molecule has 2 rings (SSSR count). The summed E-state index contributed by atoms with van der Waals surface area (Å²) in [6.07, 6.45) is 3.43. The van der Waals surface area contributed by atoms with Crippen LogP contribution in [0.5, 0.6) is 0 Å². The van der Waals surface area contributed by atoms with E-state index in [4.69, 9.17) is 0 Å². The molecule has 0 fully saturated rings. The highest BCUT2D eigenvalue weighted by Gasteiger charge is 2.09. The van der Waals surface area contributed by atoms with Gasteiger partial charge in [0.2, 0.25) is 0 Å². The summed E-state index contributed by atoms with van der Waals surface area (Å²) < 4.78 is 0. The van der Waals surface area contributed by atoms with Crippen LogP contribution < -0.4 is 0 Å². The number of carbonyl (C=O) groups is 1. The maximum atomic E-state index is 11.1. The zero-order chi connectivity index (χ0) is 12.3. The molecule has 0 spiro atoms. The van der Waals surface area contributed by atoms with E-state index in [1.807, 2.05) is 24.4 Å². The second-order valence-corrected chi connectivity index (χ2v) is 4.70. The van der Waals surface area contributed by atoms with Gasteiger partial charge in [-0.15, -0.1) is 0 Å². The highest BCUT2D eigenvalue weighted by Crippen LogP contribution is 2.20. The molecule has 1 unspecified atom stereocenters. The van der Waals surface area contributed by atoms with E-state index in [-0.39, 0.29) is 5.78 Å². The van der Waals surface area contributed by atoms with E-state index in [9.17, 15) is 4.79 Å². The van der Waals surface area contributed by atoms with E-state index in [2.05, 4.69) is 24.0 Å². The van der Waals surface area contributed by atoms with Gasteiger partial charge in [-0.3, -0.25) is 4.98 Å². The molecule has 1 atom stereocenters. The zero-order valence-corrected chi connectivity index (χ0v) is 10.3. The Labute approximate surface area is 102 Å². The van der Waals surface area contributed by atoms with E-state index in [0.717, 1.165) is 11.9 Å². The summed E-state index contributed by atoms with van der Waals surface area (Å²) in [5, 5.41) is 1.20. The summed E-state index contributed by atoms with van der Waals surface area (Å²) in [4.78, 5) is 15.4. The fraction of sp³-hybridized carbons (Fsp3) is 0.333. The Bertz CT molecular complexity index is 528. The molecular formula is C15H17NO. The van der Waals surface area contributed by atoms with Crippen molar-refractivity contribution in [3.8, 4) is 0 Å². The molecule has 1 aromatic heterocycles. The Morgan fingerprint density at radius 1 is 1.29 bits per heavy atom. The summed E-state index contributed by atoms with van der Waals surface area (Å²) in [6.45, 7) is 3.78. The number of hydrogen-bond acceptors (Lipinski definition) is 2. The van der Waals surface area contributed by atoms with Crippen molar-refractivity contribution in [2.24, 2.45) is 5.92 Å². The van der Waals surface area contributed by atoms with Crippen LogP contribution in [0.2, 0.25) is 0 Å². The highest BCUT2D eigenvalue weighted by molar-refractivity contribution is 5.82. The van der Waals surface area contributed by atoms with E-state index >= 15 is 0 Å². The molecule has 2 aromatic rings. The average Bonchev–Trinajstić information content (AvgIpc) is 2.28. The Morgan fingerprint density at radius 3 is 2.82 bits per heavy atom. The summed E-state index contributed by atoms with van der Waals surface area (Å²) >= 11 is 0. The number of aromatic nitrogens is 1. The zero-order valence-electron chi connectivity index (χ0n) is 10.3. The molecule has 0 amide bonds. The highest BCUT2D eigenvalue weighted by atomic mass is 16.1. The number of ketones is 1. The molecule has 0 aliphatic carbocycles. The summed E-state index contributed by atoms with van der Waals surface area (Å²) in [5.41, 5.74) is 2.31. The van der Waals surface area contributed by atoms with E-state index in [0.29, 0.717) is 12.3 Å². The number of benzene rings is 1. The molecule has 17 heavy (non-hydrogen) atoms. The molecule has 0 bridgehead atoms. The first-order chi connectivity index (χ1) is 8.16. The van der Waals surface area contributed by atoms with Crippen molar-refractivity contribution in [3.63, 3.8) is 0 Å². The largest absolute Gasteiger partial charge is 0.300 e. The molecule has 0 aliphatic heterocycles. The van der Waals surface area contributed by atoms with Gasteiger partial charge in [0, 0.05) is 18.0 Å². The maximum absolute atomic E-state index is 11.1. The Morgan fingerprint density at radius 2 is 2.06 bits per heavy atom. The van der Waals surface area contributed by atoms with Crippen molar-refractivity contribution in [1.82, 2.24) is 4.98 Å². The topological polar surface area (TPSA) is 30.0 Å². The van der Waals surface area contributed by atoms with Crippen molar-refractivity contribution in [3.05, 3.63) is 42.1 Å². The average molecular weight is 227 g/mol. The minimum atomic E-state index is 0.260. The molecule has 88 valence electrons. The number of hydrogen-bond donors (Lipinski definition) is 0. The second-order valence-electron chi connectivity index (χ2n) is 4.70. The van der Waals surface area contributed by atoms with Gasteiger partial charge >= 0.3 is 0 Å². The maximum Gasteiger partial charge on any atom is 0.130 e. The van der Waals surface area contributed by atoms with Crippen LogP contribution in [-0.4, -0.2) is 10.8 Å². The fourth-order valence-electron chi connectivity index (χ4n) is 2.27. The van der Waals surface area contributed by atoms with Gasteiger partial charge in [-0.1, -0.05) is 25.1 Å². The van der Waals surface area contributed by atoms with Gasteiger partial charge < -0.3 is 4.79 Å². The van der Waals surface area contributed by atoms with Crippen molar-refractivity contribution >= 4 is 16.7 Å². The monoisotopic (exact) mass is 227 g/mol. The van der Waals surface area contributed by atoms with Crippen molar-refractivity contribution in [1.29, 1.82) is 0 Å². The van der Waals surface area contributed by atoms with Crippen LogP contribution in [0, 0.1) is 5.92 Å². The van der Waals surface area contributed by atoms with Gasteiger partial charge in [-0.2, -0.15) is 0 Å². The third-order valence-corrected chi connectivity index (χ3v) is 2.94. The Hall–Kier alpha value is -1.70. The molecule has 1 heterocycles. The van der Waals surface area contributed by atoms with Crippen LogP contribution in [0.1, 0.15) is 25.8 Å². The van der Waals surface area contributed by atoms with E-state index in [1.165, 1.54) is 10.9 Å². The van der Waals surface area contributed by atoms with Crippen LogP contribution in [0.25, 0.3) is 10.9 Å². The van der Waals surface area contributed by atoms with Crippen molar-refractivity contribution < 1.29 is 4.79 Å². The molecule has 0 saturated heterocycles. The number of pyridine rings is 1. The third-order valence-electron chi connectivity index (χ3n) is 2.94. The SMILES string of the molecule is CC(=O)CC(C)Cc1ccnc2ccccc12. The molecule has 0 aliphatic rings. The van der Waals surface area contributed by atoms with Crippen LogP contribution in [-0.2, 0) is 11.2 Å². The normalized spacial score (nSPS) is 12.6. The lowest BCUT2D eigenvalue weighted by atomic mass is 9.94. The van der Waals surface area contributed by atoms with E-state index in [1.54, 1.807) is 6.92 Å². The van der Waals surface area contributed by atoms with Crippen molar-refractivity contribution in [2.75, 3.05) is 0 Å². The summed E-state index contributed by atoms with van der Waals surface area (Å²) in [7, 11) is 0. The molecular weight excluding hydrogens is 210 g/mol. The quantitative estimate of drug-likeness (QED) is 0.801. The Balaban J connectivity index is 2.26. The number of Topliss-reactive ketones (excluding diaryl/α,β-unsaturated/α-hetero) is 1. The molecule has 2 heteroatoms.